The number of hydrogen-bond donors (Lipinski definition) is 2. The Morgan fingerprint density at radius 1 is 1.40 bits per heavy atom. The van der Waals surface area contributed by atoms with Crippen molar-refractivity contribution in [1.82, 2.24) is 25.5 Å². The van der Waals surface area contributed by atoms with Gasteiger partial charge < -0.3 is 10.4 Å². The highest BCUT2D eigenvalue weighted by atomic mass is 16.3. The van der Waals surface area contributed by atoms with Crippen LogP contribution in [0.3, 0.4) is 0 Å². The SMILES string of the molecule is Cc1ccc(-c2nnn(CC(=O)NCC(C)O)n2)cc1. The maximum Gasteiger partial charge on any atom is 0.243 e. The summed E-state index contributed by atoms with van der Waals surface area (Å²) in [6, 6.07) is 7.74. The zero-order valence-electron chi connectivity index (χ0n) is 11.4. The summed E-state index contributed by atoms with van der Waals surface area (Å²) in [6.07, 6.45) is -0.578. The molecule has 0 saturated carbocycles. The summed E-state index contributed by atoms with van der Waals surface area (Å²) in [6.45, 7) is 3.79. The first-order valence-electron chi connectivity index (χ1n) is 6.34. The maximum absolute atomic E-state index is 11.6. The Hall–Kier alpha value is -2.28. The number of nitrogens with zero attached hydrogens (tertiary/aromatic N) is 4. The van der Waals surface area contributed by atoms with Gasteiger partial charge in [0, 0.05) is 12.1 Å². The standard InChI is InChI=1S/C13H17N5O2/c1-9-3-5-11(6-4-9)13-15-17-18(16-13)8-12(20)14-7-10(2)19/h3-6,10,19H,7-8H2,1-2H3,(H,14,20). The number of aliphatic hydroxyl groups is 1. The van der Waals surface area contributed by atoms with Crippen LogP contribution in [0, 0.1) is 6.92 Å². The molecule has 7 heteroatoms. The minimum absolute atomic E-state index is 0.0222. The molecule has 1 unspecified atom stereocenters. The van der Waals surface area contributed by atoms with E-state index in [1.807, 2.05) is 31.2 Å². The van der Waals surface area contributed by atoms with Crippen LogP contribution in [0.4, 0.5) is 0 Å². The highest BCUT2D eigenvalue weighted by Gasteiger charge is 2.09. The molecule has 0 radical (unpaired) electrons. The van der Waals surface area contributed by atoms with Crippen molar-refractivity contribution >= 4 is 5.91 Å². The number of aromatic nitrogens is 4. The first-order chi connectivity index (χ1) is 9.54. The minimum Gasteiger partial charge on any atom is -0.392 e. The molecule has 20 heavy (non-hydrogen) atoms. The van der Waals surface area contributed by atoms with Gasteiger partial charge in [0.05, 0.1) is 6.10 Å². The van der Waals surface area contributed by atoms with Gasteiger partial charge in [0.25, 0.3) is 0 Å². The summed E-state index contributed by atoms with van der Waals surface area (Å²) in [5, 5.41) is 23.5. The molecular weight excluding hydrogens is 258 g/mol. The number of aryl methyl sites for hydroxylation is 1. The Labute approximate surface area is 116 Å². The fourth-order valence-electron chi connectivity index (χ4n) is 1.57. The van der Waals surface area contributed by atoms with Gasteiger partial charge in [-0.3, -0.25) is 4.79 Å². The second-order valence-corrected chi connectivity index (χ2v) is 4.66. The van der Waals surface area contributed by atoms with Crippen LogP contribution in [0.5, 0.6) is 0 Å². The lowest BCUT2D eigenvalue weighted by atomic mass is 10.1. The van der Waals surface area contributed by atoms with Crippen molar-refractivity contribution < 1.29 is 9.90 Å². The molecule has 0 bridgehead atoms. The number of tetrazole rings is 1. The largest absolute Gasteiger partial charge is 0.392 e. The number of nitrogens with one attached hydrogen (secondary N) is 1. The van der Waals surface area contributed by atoms with Crippen LogP contribution in [-0.4, -0.2) is 43.9 Å². The van der Waals surface area contributed by atoms with E-state index in [0.717, 1.165) is 11.1 Å². The van der Waals surface area contributed by atoms with Gasteiger partial charge in [-0.15, -0.1) is 10.2 Å². The number of carbonyl (C=O) groups is 1. The van der Waals surface area contributed by atoms with Crippen LogP contribution in [-0.2, 0) is 11.3 Å². The molecule has 106 valence electrons. The summed E-state index contributed by atoms with van der Waals surface area (Å²) in [4.78, 5) is 12.8. The maximum atomic E-state index is 11.6. The first kappa shape index (κ1) is 14.1. The Morgan fingerprint density at radius 3 is 2.75 bits per heavy atom. The molecule has 0 spiro atoms. The molecule has 1 amide bonds. The van der Waals surface area contributed by atoms with E-state index >= 15 is 0 Å². The van der Waals surface area contributed by atoms with Gasteiger partial charge in [-0.1, -0.05) is 29.8 Å². The lowest BCUT2D eigenvalue weighted by Gasteiger charge is -2.05. The lowest BCUT2D eigenvalue weighted by molar-refractivity contribution is -0.122. The van der Waals surface area contributed by atoms with E-state index < -0.39 is 6.10 Å². The number of carbonyl (C=O) groups excluding carboxylic acids is 1. The number of rotatable bonds is 5. The summed E-state index contributed by atoms with van der Waals surface area (Å²) in [5.41, 5.74) is 2.00. The Kier molecular flexibility index (Phi) is 4.41. The number of benzene rings is 1. The fraction of sp³-hybridized carbons (Fsp3) is 0.385. The average Bonchev–Trinajstić information content (AvgIpc) is 2.85. The highest BCUT2D eigenvalue weighted by Crippen LogP contribution is 2.13. The van der Waals surface area contributed by atoms with Gasteiger partial charge in [0.2, 0.25) is 11.7 Å². The highest BCUT2D eigenvalue weighted by molar-refractivity contribution is 5.75. The van der Waals surface area contributed by atoms with Crippen molar-refractivity contribution in [1.29, 1.82) is 0 Å². The normalized spacial score (nSPS) is 12.2. The van der Waals surface area contributed by atoms with Crippen molar-refractivity contribution in [2.24, 2.45) is 0 Å². The van der Waals surface area contributed by atoms with Gasteiger partial charge in [-0.25, -0.2) is 0 Å². The molecule has 1 aromatic heterocycles. The van der Waals surface area contributed by atoms with Gasteiger partial charge in [0.1, 0.15) is 6.54 Å². The molecule has 0 aliphatic heterocycles. The fourth-order valence-corrected chi connectivity index (χ4v) is 1.57. The Balaban J connectivity index is 1.98. The smallest absolute Gasteiger partial charge is 0.243 e. The van der Waals surface area contributed by atoms with Crippen molar-refractivity contribution in [3.8, 4) is 11.4 Å². The topological polar surface area (TPSA) is 92.9 Å². The van der Waals surface area contributed by atoms with Gasteiger partial charge in [-0.2, -0.15) is 4.80 Å². The lowest BCUT2D eigenvalue weighted by Crippen LogP contribution is -2.33. The molecule has 0 saturated heterocycles. The zero-order valence-corrected chi connectivity index (χ0v) is 11.4. The molecule has 1 aromatic carbocycles. The molecule has 0 aliphatic carbocycles. The van der Waals surface area contributed by atoms with Crippen molar-refractivity contribution in [3.63, 3.8) is 0 Å². The van der Waals surface area contributed by atoms with Crippen LogP contribution in [0.25, 0.3) is 11.4 Å². The Morgan fingerprint density at radius 2 is 2.10 bits per heavy atom. The van der Waals surface area contributed by atoms with Gasteiger partial charge in [-0.05, 0) is 19.1 Å². The van der Waals surface area contributed by atoms with E-state index in [-0.39, 0.29) is 19.0 Å². The quantitative estimate of drug-likeness (QED) is 0.810. The van der Waals surface area contributed by atoms with E-state index in [9.17, 15) is 4.79 Å². The van der Waals surface area contributed by atoms with Gasteiger partial charge >= 0.3 is 0 Å². The van der Waals surface area contributed by atoms with Crippen LogP contribution < -0.4 is 5.32 Å². The number of hydrogen-bond acceptors (Lipinski definition) is 5. The summed E-state index contributed by atoms with van der Waals surface area (Å²) in [7, 11) is 0. The number of amides is 1. The summed E-state index contributed by atoms with van der Waals surface area (Å²) in [5.74, 6) is 0.215. The van der Waals surface area contributed by atoms with E-state index in [1.54, 1.807) is 6.92 Å². The molecule has 1 heterocycles. The van der Waals surface area contributed by atoms with Crippen molar-refractivity contribution in [2.45, 2.75) is 26.5 Å². The van der Waals surface area contributed by atoms with E-state index in [1.165, 1.54) is 4.80 Å². The molecule has 2 N–H and O–H groups in total. The molecular formula is C13H17N5O2. The molecule has 1 atom stereocenters. The predicted octanol–water partition coefficient (Wildman–Crippen LogP) is 0.146. The third kappa shape index (κ3) is 3.86. The molecule has 0 aliphatic rings. The number of aliphatic hydroxyl groups excluding tert-OH is 1. The van der Waals surface area contributed by atoms with E-state index in [2.05, 4.69) is 20.7 Å². The predicted molar refractivity (Wildman–Crippen MR) is 72.7 cm³/mol. The summed E-state index contributed by atoms with van der Waals surface area (Å²) < 4.78 is 0. The minimum atomic E-state index is -0.578. The monoisotopic (exact) mass is 275 g/mol. The van der Waals surface area contributed by atoms with Crippen LogP contribution in [0.15, 0.2) is 24.3 Å². The molecule has 2 aromatic rings. The van der Waals surface area contributed by atoms with Crippen LogP contribution in [0.2, 0.25) is 0 Å². The van der Waals surface area contributed by atoms with E-state index in [0.29, 0.717) is 5.82 Å². The van der Waals surface area contributed by atoms with Crippen LogP contribution in [0.1, 0.15) is 12.5 Å². The van der Waals surface area contributed by atoms with Gasteiger partial charge in [0.15, 0.2) is 0 Å². The second kappa shape index (κ2) is 6.25. The average molecular weight is 275 g/mol. The van der Waals surface area contributed by atoms with Crippen molar-refractivity contribution in [2.75, 3.05) is 6.54 Å². The third-order valence-corrected chi connectivity index (χ3v) is 2.64. The summed E-state index contributed by atoms with van der Waals surface area (Å²) >= 11 is 0. The zero-order chi connectivity index (χ0) is 14.5. The van der Waals surface area contributed by atoms with Crippen molar-refractivity contribution in [3.05, 3.63) is 29.8 Å². The second-order valence-electron chi connectivity index (χ2n) is 4.66. The molecule has 2 rings (SSSR count). The molecule has 7 nitrogen and oxygen atoms in total. The van der Waals surface area contributed by atoms with E-state index in [4.69, 9.17) is 5.11 Å². The first-order valence-corrected chi connectivity index (χ1v) is 6.34. The van der Waals surface area contributed by atoms with Crippen LogP contribution >= 0.6 is 0 Å². The molecule has 0 fully saturated rings. The Bertz CT molecular complexity index is 577. The third-order valence-electron chi connectivity index (χ3n) is 2.64.